The van der Waals surface area contributed by atoms with Gasteiger partial charge in [0.15, 0.2) is 6.61 Å². The highest BCUT2D eigenvalue weighted by Gasteiger charge is 2.34. The Labute approximate surface area is 189 Å². The van der Waals surface area contributed by atoms with Crippen molar-refractivity contribution in [1.29, 1.82) is 5.26 Å². The number of amides is 2. The molecular weight excluding hydrogens is 437 g/mol. The first-order valence-corrected chi connectivity index (χ1v) is 10.1. The third kappa shape index (κ3) is 6.54. The van der Waals surface area contributed by atoms with Gasteiger partial charge in [-0.15, -0.1) is 0 Å². The molecule has 166 valence electrons. The first-order chi connectivity index (χ1) is 15.3. The van der Waals surface area contributed by atoms with Crippen molar-refractivity contribution in [3.8, 4) is 11.8 Å². The highest BCUT2D eigenvalue weighted by molar-refractivity contribution is 6.30. The van der Waals surface area contributed by atoms with Crippen molar-refractivity contribution in [1.82, 2.24) is 10.6 Å². The lowest BCUT2D eigenvalue weighted by molar-refractivity contribution is -0.125. The smallest absolute Gasteiger partial charge is 0.258 e. The Balaban J connectivity index is 1.38. The molecule has 1 aliphatic rings. The fourth-order valence-corrected chi connectivity index (χ4v) is 3.31. The third-order valence-corrected chi connectivity index (χ3v) is 4.90. The van der Waals surface area contributed by atoms with Gasteiger partial charge in [-0.3, -0.25) is 9.59 Å². The lowest BCUT2D eigenvalue weighted by Gasteiger charge is -2.37. The van der Waals surface area contributed by atoms with Crippen molar-refractivity contribution in [2.75, 3.05) is 13.2 Å². The molecule has 0 radical (unpaired) electrons. The molecule has 2 aromatic rings. The molecule has 0 spiro atoms. The molecule has 1 unspecified atom stereocenters. The molecule has 0 saturated carbocycles. The van der Waals surface area contributed by atoms with E-state index in [2.05, 4.69) is 10.6 Å². The maximum Gasteiger partial charge on any atom is 0.258 e. The summed E-state index contributed by atoms with van der Waals surface area (Å²) >= 11 is 5.61. The summed E-state index contributed by atoms with van der Waals surface area (Å²) in [5.41, 5.74) is 1.39. The molecule has 32 heavy (non-hydrogen) atoms. The normalized spacial score (nSPS) is 16.9. The van der Waals surface area contributed by atoms with E-state index < -0.39 is 11.4 Å². The average Bonchev–Trinajstić information content (AvgIpc) is 2.73. The van der Waals surface area contributed by atoms with E-state index in [9.17, 15) is 14.0 Å². The fraction of sp³-hybridized carbons (Fsp3) is 0.261. The number of hydrogen-bond acceptors (Lipinski definition) is 5. The van der Waals surface area contributed by atoms with Gasteiger partial charge in [-0.25, -0.2) is 4.39 Å². The molecule has 0 aliphatic heterocycles. The van der Waals surface area contributed by atoms with Crippen LogP contribution in [0.3, 0.4) is 0 Å². The van der Waals surface area contributed by atoms with Crippen LogP contribution < -0.4 is 15.4 Å². The summed E-state index contributed by atoms with van der Waals surface area (Å²) in [5, 5.41) is 14.4. The molecule has 1 aliphatic carbocycles. The van der Waals surface area contributed by atoms with Crippen LogP contribution >= 0.6 is 11.6 Å². The Morgan fingerprint density at radius 2 is 2.00 bits per heavy atom. The zero-order chi connectivity index (χ0) is 23.1. The highest BCUT2D eigenvalue weighted by atomic mass is 35.5. The summed E-state index contributed by atoms with van der Waals surface area (Å²) in [4.78, 5) is 24.1. The zero-order valence-electron chi connectivity index (χ0n) is 17.3. The summed E-state index contributed by atoms with van der Waals surface area (Å²) in [6, 6.07) is 12.9. The Bertz CT molecular complexity index is 1100. The summed E-state index contributed by atoms with van der Waals surface area (Å²) < 4.78 is 24.1. The van der Waals surface area contributed by atoms with E-state index in [0.29, 0.717) is 17.7 Å². The number of hydrogen-bond donors (Lipinski definition) is 2. The molecular formula is C23H21ClFN3O4. The number of benzene rings is 2. The second-order valence-electron chi connectivity index (χ2n) is 7.53. The van der Waals surface area contributed by atoms with E-state index in [-0.39, 0.29) is 42.4 Å². The quantitative estimate of drug-likeness (QED) is 0.602. The maximum atomic E-state index is 13.4. The first-order valence-electron chi connectivity index (χ1n) is 9.73. The van der Waals surface area contributed by atoms with Crippen molar-refractivity contribution >= 4 is 23.4 Å². The molecule has 0 heterocycles. The second kappa shape index (κ2) is 10.3. The van der Waals surface area contributed by atoms with Gasteiger partial charge < -0.3 is 20.1 Å². The van der Waals surface area contributed by atoms with Crippen molar-refractivity contribution in [3.63, 3.8) is 0 Å². The summed E-state index contributed by atoms with van der Waals surface area (Å²) in [7, 11) is 0. The Kier molecular flexibility index (Phi) is 7.46. The Morgan fingerprint density at radius 3 is 2.72 bits per heavy atom. The molecule has 0 saturated heterocycles. The van der Waals surface area contributed by atoms with Crippen LogP contribution in [0.2, 0.25) is 5.02 Å². The Morgan fingerprint density at radius 1 is 1.22 bits per heavy atom. The SMILES string of the molecule is CC1(NC(=O)COc2ccc(Cl)c(F)c2)C=C(NC(=O)COCc2cccc(C#N)c2)C1. The van der Waals surface area contributed by atoms with E-state index >= 15 is 0 Å². The van der Waals surface area contributed by atoms with Crippen molar-refractivity contribution in [2.45, 2.75) is 25.5 Å². The van der Waals surface area contributed by atoms with E-state index in [0.717, 1.165) is 11.6 Å². The van der Waals surface area contributed by atoms with Crippen LogP contribution in [0.5, 0.6) is 5.75 Å². The van der Waals surface area contributed by atoms with Gasteiger partial charge in [-0.05, 0) is 42.8 Å². The first kappa shape index (κ1) is 23.3. The number of halogens is 2. The Hall–Kier alpha value is -3.41. The molecule has 0 bridgehead atoms. The predicted molar refractivity (Wildman–Crippen MR) is 115 cm³/mol. The van der Waals surface area contributed by atoms with Gasteiger partial charge in [0, 0.05) is 18.2 Å². The summed E-state index contributed by atoms with van der Waals surface area (Å²) in [5.74, 6) is -1.12. The third-order valence-electron chi connectivity index (χ3n) is 4.59. The lowest BCUT2D eigenvalue weighted by Crippen LogP contribution is -2.53. The van der Waals surface area contributed by atoms with Crippen molar-refractivity contribution in [2.24, 2.45) is 0 Å². The molecule has 2 aromatic carbocycles. The van der Waals surface area contributed by atoms with Crippen LogP contribution in [0.25, 0.3) is 0 Å². The van der Waals surface area contributed by atoms with Crippen molar-refractivity contribution < 1.29 is 23.5 Å². The van der Waals surface area contributed by atoms with E-state index in [1.165, 1.54) is 12.1 Å². The van der Waals surface area contributed by atoms with Gasteiger partial charge in [0.05, 0.1) is 28.8 Å². The minimum atomic E-state index is -0.626. The van der Waals surface area contributed by atoms with Crippen LogP contribution in [-0.4, -0.2) is 30.6 Å². The van der Waals surface area contributed by atoms with Gasteiger partial charge in [-0.2, -0.15) is 5.26 Å². The largest absolute Gasteiger partial charge is 0.484 e. The number of nitrogens with one attached hydrogen (secondary N) is 2. The van der Waals surface area contributed by atoms with Gasteiger partial charge in [0.1, 0.15) is 18.2 Å². The second-order valence-corrected chi connectivity index (χ2v) is 7.94. The van der Waals surface area contributed by atoms with E-state index in [4.69, 9.17) is 26.3 Å². The number of nitrogens with zero attached hydrogens (tertiary/aromatic N) is 1. The van der Waals surface area contributed by atoms with Gasteiger partial charge in [0.2, 0.25) is 5.91 Å². The number of carbonyl (C=O) groups is 2. The van der Waals surface area contributed by atoms with Crippen LogP contribution in [0, 0.1) is 17.1 Å². The topological polar surface area (TPSA) is 100 Å². The molecule has 3 rings (SSSR count). The van der Waals surface area contributed by atoms with Crippen LogP contribution in [0.15, 0.2) is 54.2 Å². The monoisotopic (exact) mass is 457 g/mol. The number of carbonyl (C=O) groups excluding carboxylic acids is 2. The number of ether oxygens (including phenoxy) is 2. The molecule has 2 amide bonds. The zero-order valence-corrected chi connectivity index (χ0v) is 18.0. The fourth-order valence-electron chi connectivity index (χ4n) is 3.19. The van der Waals surface area contributed by atoms with Crippen LogP contribution in [0.1, 0.15) is 24.5 Å². The molecule has 0 fully saturated rings. The number of rotatable bonds is 9. The average molecular weight is 458 g/mol. The van der Waals surface area contributed by atoms with Crippen LogP contribution in [0.4, 0.5) is 4.39 Å². The molecule has 7 nitrogen and oxygen atoms in total. The van der Waals surface area contributed by atoms with Gasteiger partial charge in [-0.1, -0.05) is 23.7 Å². The predicted octanol–water partition coefficient (Wildman–Crippen LogP) is 3.23. The van der Waals surface area contributed by atoms with E-state index in [1.54, 1.807) is 31.2 Å². The minimum Gasteiger partial charge on any atom is -0.484 e. The van der Waals surface area contributed by atoms with Crippen molar-refractivity contribution in [3.05, 3.63) is 76.2 Å². The lowest BCUT2D eigenvalue weighted by atomic mass is 9.84. The summed E-state index contributed by atoms with van der Waals surface area (Å²) in [6.45, 7) is 1.60. The standard InChI is InChI=1S/C23H21ClFN3O4/c1-23(28-22(30)14-32-18-5-6-19(24)20(25)8-18)9-17(10-23)27-21(29)13-31-12-16-4-2-3-15(7-16)11-26/h2-9H,10,12-14H2,1H3,(H,27,29)(H,28,30). The van der Waals surface area contributed by atoms with Crippen LogP contribution in [-0.2, 0) is 20.9 Å². The molecule has 2 N–H and O–H groups in total. The minimum absolute atomic E-state index is 0.0258. The number of nitriles is 1. The van der Waals surface area contributed by atoms with Gasteiger partial charge >= 0.3 is 0 Å². The highest BCUT2D eigenvalue weighted by Crippen LogP contribution is 2.28. The van der Waals surface area contributed by atoms with Gasteiger partial charge in [0.25, 0.3) is 5.91 Å². The summed E-state index contributed by atoms with van der Waals surface area (Å²) in [6.07, 6.45) is 2.17. The van der Waals surface area contributed by atoms with E-state index in [1.807, 2.05) is 12.1 Å². The molecule has 1 atom stereocenters. The molecule has 9 heteroatoms. The maximum absolute atomic E-state index is 13.4. The molecule has 0 aromatic heterocycles.